The minimum absolute atomic E-state index is 0. The van der Waals surface area contributed by atoms with Crippen LogP contribution in [0.1, 0.15) is 10.5 Å². The molecule has 3 aromatic rings. The third kappa shape index (κ3) is 5.68. The molecule has 0 spiro atoms. The molecule has 1 aliphatic heterocycles. The van der Waals surface area contributed by atoms with E-state index in [9.17, 15) is 18.0 Å². The normalized spacial score (nSPS) is 14.9. The third-order valence-electron chi connectivity index (χ3n) is 4.84. The Labute approximate surface area is 191 Å². The average molecular weight is 492 g/mol. The average Bonchev–Trinajstić information content (AvgIpc) is 3.33. The van der Waals surface area contributed by atoms with Gasteiger partial charge in [0, 0.05) is 45.5 Å². The number of rotatable bonds is 6. The number of carbonyl (C=O) groups is 1. The van der Waals surface area contributed by atoms with Gasteiger partial charge in [0.05, 0.1) is 23.4 Å². The van der Waals surface area contributed by atoms with Gasteiger partial charge in [0.2, 0.25) is 0 Å². The molecule has 1 amide bonds. The van der Waals surface area contributed by atoms with E-state index < -0.39 is 6.36 Å². The molecule has 0 saturated carbocycles. The molecule has 0 radical (unpaired) electrons. The largest absolute Gasteiger partial charge is 0.573 e. The van der Waals surface area contributed by atoms with Crippen LogP contribution in [0.4, 0.5) is 18.3 Å². The summed E-state index contributed by atoms with van der Waals surface area (Å²) < 4.78 is 49.0. The maximum Gasteiger partial charge on any atom is 0.573 e. The Balaban J connectivity index is 0.00000289. The van der Waals surface area contributed by atoms with Crippen LogP contribution in [0.3, 0.4) is 0 Å². The van der Waals surface area contributed by atoms with Crippen molar-refractivity contribution in [3.63, 3.8) is 0 Å². The molecule has 0 atom stereocenters. The molecule has 174 valence electrons. The van der Waals surface area contributed by atoms with Crippen LogP contribution in [-0.4, -0.2) is 71.3 Å². The fourth-order valence-corrected chi connectivity index (χ4v) is 4.30. The minimum atomic E-state index is -4.78. The van der Waals surface area contributed by atoms with Crippen LogP contribution >= 0.6 is 23.7 Å². The van der Waals surface area contributed by atoms with Gasteiger partial charge in [-0.2, -0.15) is 5.10 Å². The molecular formula is C19H21ClF3N5O3S. The number of ether oxygens (including phenoxy) is 2. The van der Waals surface area contributed by atoms with Gasteiger partial charge in [-0.1, -0.05) is 11.3 Å². The summed E-state index contributed by atoms with van der Waals surface area (Å²) >= 11 is 1.14. The van der Waals surface area contributed by atoms with E-state index in [0.717, 1.165) is 24.4 Å². The van der Waals surface area contributed by atoms with Crippen LogP contribution in [0.25, 0.3) is 10.2 Å². The molecule has 0 bridgehead atoms. The lowest BCUT2D eigenvalue weighted by Gasteiger charge is -2.29. The molecule has 1 fully saturated rings. The summed E-state index contributed by atoms with van der Waals surface area (Å²) in [7, 11) is 1.67. The smallest absolute Gasteiger partial charge is 0.406 e. The summed E-state index contributed by atoms with van der Waals surface area (Å²) in [4.78, 5) is 21.5. The molecule has 13 heteroatoms. The number of carbonyl (C=O) groups excluding carboxylic acids is 1. The first-order valence-electron chi connectivity index (χ1n) is 9.56. The number of nitrogens with zero attached hydrogens (tertiary/aromatic N) is 5. The SMILES string of the molecule is Cl.Cn1nccc1C(=O)N(CCN1CCOCC1)c1nc2ccc(OC(F)(F)F)cc2s1. The van der Waals surface area contributed by atoms with Crippen LogP contribution < -0.4 is 9.64 Å². The molecule has 1 saturated heterocycles. The molecular weight excluding hydrogens is 471 g/mol. The number of morpholine rings is 1. The van der Waals surface area contributed by atoms with Crippen LogP contribution in [0.2, 0.25) is 0 Å². The van der Waals surface area contributed by atoms with Gasteiger partial charge in [-0.25, -0.2) is 4.98 Å². The Morgan fingerprint density at radius 3 is 2.69 bits per heavy atom. The van der Waals surface area contributed by atoms with E-state index >= 15 is 0 Å². The summed E-state index contributed by atoms with van der Waals surface area (Å²) in [5.74, 6) is -0.605. The molecule has 0 unspecified atom stereocenters. The van der Waals surface area contributed by atoms with Crippen molar-refractivity contribution in [2.75, 3.05) is 44.3 Å². The van der Waals surface area contributed by atoms with Crippen molar-refractivity contribution in [2.45, 2.75) is 6.36 Å². The quantitative estimate of drug-likeness (QED) is 0.526. The van der Waals surface area contributed by atoms with Gasteiger partial charge in [0.25, 0.3) is 5.91 Å². The highest BCUT2D eigenvalue weighted by molar-refractivity contribution is 7.22. The summed E-state index contributed by atoms with van der Waals surface area (Å²) in [6.45, 7) is 3.80. The molecule has 4 rings (SSSR count). The second-order valence-electron chi connectivity index (χ2n) is 6.92. The maximum absolute atomic E-state index is 13.2. The maximum atomic E-state index is 13.2. The van der Waals surface area contributed by atoms with Crippen molar-refractivity contribution in [1.82, 2.24) is 19.7 Å². The highest BCUT2D eigenvalue weighted by atomic mass is 35.5. The van der Waals surface area contributed by atoms with Gasteiger partial charge in [-0.15, -0.1) is 25.6 Å². The van der Waals surface area contributed by atoms with E-state index in [0.29, 0.717) is 47.3 Å². The van der Waals surface area contributed by atoms with Gasteiger partial charge >= 0.3 is 6.36 Å². The fraction of sp³-hybridized carbons (Fsp3) is 0.421. The van der Waals surface area contributed by atoms with Crippen LogP contribution in [0.5, 0.6) is 5.75 Å². The predicted molar refractivity (Wildman–Crippen MR) is 116 cm³/mol. The number of alkyl halides is 3. The van der Waals surface area contributed by atoms with Gasteiger partial charge in [0.1, 0.15) is 11.4 Å². The zero-order valence-electron chi connectivity index (χ0n) is 17.0. The second kappa shape index (κ2) is 10.0. The number of aromatic nitrogens is 3. The number of anilines is 1. The van der Waals surface area contributed by atoms with Crippen LogP contribution in [0, 0.1) is 0 Å². The van der Waals surface area contributed by atoms with Crippen LogP contribution in [-0.2, 0) is 11.8 Å². The van der Waals surface area contributed by atoms with Crippen molar-refractivity contribution in [2.24, 2.45) is 7.05 Å². The van der Waals surface area contributed by atoms with Crippen molar-refractivity contribution in [3.05, 3.63) is 36.2 Å². The lowest BCUT2D eigenvalue weighted by Crippen LogP contribution is -2.43. The molecule has 1 aliphatic rings. The van der Waals surface area contributed by atoms with Crippen molar-refractivity contribution < 1.29 is 27.4 Å². The van der Waals surface area contributed by atoms with Crippen molar-refractivity contribution >= 4 is 45.0 Å². The molecule has 32 heavy (non-hydrogen) atoms. The first-order valence-corrected chi connectivity index (χ1v) is 10.4. The first-order chi connectivity index (χ1) is 14.8. The van der Waals surface area contributed by atoms with Gasteiger partial charge in [-0.3, -0.25) is 19.3 Å². The summed E-state index contributed by atoms with van der Waals surface area (Å²) in [5, 5.41) is 4.46. The van der Waals surface area contributed by atoms with E-state index in [1.807, 2.05) is 0 Å². The highest BCUT2D eigenvalue weighted by Gasteiger charge is 2.31. The lowest BCUT2D eigenvalue weighted by atomic mass is 10.3. The molecule has 0 aliphatic carbocycles. The Bertz CT molecular complexity index is 1070. The number of fused-ring (bicyclic) bond motifs is 1. The van der Waals surface area contributed by atoms with E-state index in [1.165, 1.54) is 29.1 Å². The zero-order chi connectivity index (χ0) is 22.0. The summed E-state index contributed by atoms with van der Waals surface area (Å²) in [6.07, 6.45) is -3.24. The number of benzene rings is 1. The van der Waals surface area contributed by atoms with Crippen molar-refractivity contribution in [3.8, 4) is 5.75 Å². The number of halogens is 4. The minimum Gasteiger partial charge on any atom is -0.406 e. The van der Waals surface area contributed by atoms with E-state index in [2.05, 4.69) is 19.7 Å². The van der Waals surface area contributed by atoms with Crippen molar-refractivity contribution in [1.29, 1.82) is 0 Å². The highest BCUT2D eigenvalue weighted by Crippen LogP contribution is 2.33. The Morgan fingerprint density at radius 1 is 1.28 bits per heavy atom. The number of thiazole rings is 1. The topological polar surface area (TPSA) is 72.7 Å². The molecule has 2 aromatic heterocycles. The Kier molecular flexibility index (Phi) is 7.59. The molecule has 8 nitrogen and oxygen atoms in total. The summed E-state index contributed by atoms with van der Waals surface area (Å²) in [5.41, 5.74) is 0.881. The zero-order valence-corrected chi connectivity index (χ0v) is 18.7. The first kappa shape index (κ1) is 24.2. The predicted octanol–water partition coefficient (Wildman–Crippen LogP) is 3.33. The molecule has 3 heterocycles. The van der Waals surface area contributed by atoms with Gasteiger partial charge < -0.3 is 9.47 Å². The van der Waals surface area contributed by atoms with E-state index in [1.54, 1.807) is 18.0 Å². The van der Waals surface area contributed by atoms with E-state index in [-0.39, 0.29) is 24.1 Å². The Hall–Kier alpha value is -2.41. The lowest BCUT2D eigenvalue weighted by molar-refractivity contribution is -0.274. The third-order valence-corrected chi connectivity index (χ3v) is 5.88. The standard InChI is InChI=1S/C19H20F3N5O3S.ClH/c1-25-15(4-5-23-25)17(28)27(7-6-26-8-10-29-11-9-26)18-24-14-3-2-13(12-16(14)31-18)30-19(20,21)22;/h2-5,12H,6-11H2,1H3;1H. The fourth-order valence-electron chi connectivity index (χ4n) is 3.28. The number of hydrogen-bond acceptors (Lipinski definition) is 7. The number of hydrogen-bond donors (Lipinski definition) is 0. The Morgan fingerprint density at radius 2 is 2.03 bits per heavy atom. The van der Waals surface area contributed by atoms with Gasteiger partial charge in [0.15, 0.2) is 5.13 Å². The van der Waals surface area contributed by atoms with Gasteiger partial charge in [-0.05, 0) is 18.2 Å². The number of amides is 1. The summed E-state index contributed by atoms with van der Waals surface area (Å²) in [6, 6.07) is 5.55. The second-order valence-corrected chi connectivity index (χ2v) is 7.93. The molecule has 0 N–H and O–H groups in total. The van der Waals surface area contributed by atoms with Crippen LogP contribution in [0.15, 0.2) is 30.5 Å². The molecule has 1 aromatic carbocycles. The monoisotopic (exact) mass is 491 g/mol. The van der Waals surface area contributed by atoms with E-state index in [4.69, 9.17) is 4.74 Å². The number of aryl methyl sites for hydroxylation is 1.